The Morgan fingerprint density at radius 1 is 1.50 bits per heavy atom. The first kappa shape index (κ1) is 11.1. The lowest BCUT2D eigenvalue weighted by atomic mass is 10.1. The topological polar surface area (TPSA) is 94.0 Å². The third-order valence-electron chi connectivity index (χ3n) is 2.62. The largest absolute Gasteiger partial charge is 0.408 e. The van der Waals surface area contributed by atoms with E-state index in [9.17, 15) is 4.79 Å². The summed E-state index contributed by atoms with van der Waals surface area (Å²) in [4.78, 5) is 11.6. The zero-order valence-electron chi connectivity index (χ0n) is 9.43. The van der Waals surface area contributed by atoms with Crippen molar-refractivity contribution in [2.45, 2.75) is 38.6 Å². The lowest BCUT2D eigenvalue weighted by Crippen LogP contribution is -2.39. The summed E-state index contributed by atoms with van der Waals surface area (Å²) in [5.41, 5.74) is 5.68. The van der Waals surface area contributed by atoms with Gasteiger partial charge in [-0.05, 0) is 18.8 Å². The molecule has 0 spiro atoms. The molecule has 1 aliphatic rings. The maximum Gasteiger partial charge on any atom is 0.322 e. The summed E-state index contributed by atoms with van der Waals surface area (Å²) < 4.78 is 5.30. The molecule has 1 saturated carbocycles. The van der Waals surface area contributed by atoms with Crippen molar-refractivity contribution >= 4 is 11.9 Å². The van der Waals surface area contributed by atoms with E-state index in [0.29, 0.717) is 11.8 Å². The Morgan fingerprint density at radius 2 is 2.19 bits per heavy atom. The standard InChI is InChI=1S/C10H16N4O2/c1-5(2)7(11)8(15)12-10-14-13-9(16-10)6-3-4-6/h5-7H,3-4,11H2,1-2H3,(H,12,14,15). The van der Waals surface area contributed by atoms with Gasteiger partial charge >= 0.3 is 6.01 Å². The summed E-state index contributed by atoms with van der Waals surface area (Å²) in [7, 11) is 0. The quantitative estimate of drug-likeness (QED) is 0.791. The highest BCUT2D eigenvalue weighted by Gasteiger charge is 2.30. The number of aromatic nitrogens is 2. The minimum absolute atomic E-state index is 0.0748. The smallest absolute Gasteiger partial charge is 0.322 e. The van der Waals surface area contributed by atoms with Crippen molar-refractivity contribution in [3.8, 4) is 0 Å². The molecule has 0 saturated heterocycles. The van der Waals surface area contributed by atoms with Gasteiger partial charge in [-0.25, -0.2) is 0 Å². The predicted octanol–water partition coefficient (Wildman–Crippen LogP) is 0.869. The first-order chi connectivity index (χ1) is 7.58. The number of carbonyl (C=O) groups excluding carboxylic acids is 1. The molecule has 16 heavy (non-hydrogen) atoms. The third-order valence-corrected chi connectivity index (χ3v) is 2.62. The van der Waals surface area contributed by atoms with Crippen LogP contribution in [0.3, 0.4) is 0 Å². The van der Waals surface area contributed by atoms with Gasteiger partial charge < -0.3 is 10.2 Å². The van der Waals surface area contributed by atoms with E-state index in [1.807, 2.05) is 13.8 Å². The van der Waals surface area contributed by atoms with Crippen molar-refractivity contribution in [2.24, 2.45) is 11.7 Å². The van der Waals surface area contributed by atoms with Crippen molar-refractivity contribution in [3.63, 3.8) is 0 Å². The van der Waals surface area contributed by atoms with Gasteiger partial charge in [-0.15, -0.1) is 5.10 Å². The molecule has 1 aliphatic carbocycles. The highest BCUT2D eigenvalue weighted by atomic mass is 16.4. The fourth-order valence-corrected chi connectivity index (χ4v) is 1.27. The van der Waals surface area contributed by atoms with Crippen LogP contribution >= 0.6 is 0 Å². The van der Waals surface area contributed by atoms with E-state index in [4.69, 9.17) is 10.2 Å². The van der Waals surface area contributed by atoms with Crippen LogP contribution in [0.15, 0.2) is 4.42 Å². The summed E-state index contributed by atoms with van der Waals surface area (Å²) in [5, 5.41) is 10.1. The van der Waals surface area contributed by atoms with Crippen LogP contribution in [0.1, 0.15) is 38.5 Å². The fraction of sp³-hybridized carbons (Fsp3) is 0.700. The maximum absolute atomic E-state index is 11.6. The molecule has 6 heteroatoms. The molecule has 0 bridgehead atoms. The molecule has 0 aliphatic heterocycles. The summed E-state index contributed by atoms with van der Waals surface area (Å²) >= 11 is 0. The first-order valence-corrected chi connectivity index (χ1v) is 5.47. The van der Waals surface area contributed by atoms with E-state index in [-0.39, 0.29) is 17.8 Å². The molecule has 0 aromatic carbocycles. The van der Waals surface area contributed by atoms with Gasteiger partial charge in [-0.3, -0.25) is 10.1 Å². The van der Waals surface area contributed by atoms with Crippen molar-refractivity contribution < 1.29 is 9.21 Å². The number of nitrogens with one attached hydrogen (secondary N) is 1. The molecule has 1 heterocycles. The Balaban J connectivity index is 1.94. The summed E-state index contributed by atoms with van der Waals surface area (Å²) in [6.45, 7) is 3.77. The van der Waals surface area contributed by atoms with E-state index < -0.39 is 6.04 Å². The van der Waals surface area contributed by atoms with E-state index in [0.717, 1.165) is 12.8 Å². The molecule has 88 valence electrons. The number of hydrogen-bond donors (Lipinski definition) is 2. The molecule has 1 atom stereocenters. The Kier molecular flexibility index (Phi) is 2.91. The molecule has 1 fully saturated rings. The van der Waals surface area contributed by atoms with E-state index >= 15 is 0 Å². The SMILES string of the molecule is CC(C)C(N)C(=O)Nc1nnc(C2CC2)o1. The fourth-order valence-electron chi connectivity index (χ4n) is 1.27. The molecule has 0 radical (unpaired) electrons. The third kappa shape index (κ3) is 2.38. The molecular formula is C10H16N4O2. The number of carbonyl (C=O) groups is 1. The molecular weight excluding hydrogens is 208 g/mol. The highest BCUT2D eigenvalue weighted by Crippen LogP contribution is 2.39. The van der Waals surface area contributed by atoms with Crippen LogP contribution in [0.4, 0.5) is 6.01 Å². The zero-order valence-corrected chi connectivity index (χ0v) is 9.43. The van der Waals surface area contributed by atoms with Crippen LogP contribution in [0, 0.1) is 5.92 Å². The van der Waals surface area contributed by atoms with E-state index in [2.05, 4.69) is 15.5 Å². The van der Waals surface area contributed by atoms with Crippen molar-refractivity contribution in [3.05, 3.63) is 5.89 Å². The second-order valence-corrected chi connectivity index (χ2v) is 4.48. The number of nitrogens with zero attached hydrogens (tertiary/aromatic N) is 2. The van der Waals surface area contributed by atoms with Crippen molar-refractivity contribution in [2.75, 3.05) is 5.32 Å². The number of anilines is 1. The molecule has 1 unspecified atom stereocenters. The molecule has 1 aromatic rings. The highest BCUT2D eigenvalue weighted by molar-refractivity contribution is 5.92. The average molecular weight is 224 g/mol. The van der Waals surface area contributed by atoms with E-state index in [1.165, 1.54) is 0 Å². The van der Waals surface area contributed by atoms with Crippen molar-refractivity contribution in [1.29, 1.82) is 0 Å². The van der Waals surface area contributed by atoms with Crippen LogP contribution in [0.5, 0.6) is 0 Å². The van der Waals surface area contributed by atoms with Gasteiger partial charge in [0.05, 0.1) is 6.04 Å². The molecule has 1 amide bonds. The van der Waals surface area contributed by atoms with Crippen LogP contribution in [0.25, 0.3) is 0 Å². The van der Waals surface area contributed by atoms with Gasteiger partial charge in [0.15, 0.2) is 0 Å². The lowest BCUT2D eigenvalue weighted by Gasteiger charge is -2.12. The number of nitrogens with two attached hydrogens (primary N) is 1. The van der Waals surface area contributed by atoms with Crippen LogP contribution in [-0.4, -0.2) is 22.1 Å². The van der Waals surface area contributed by atoms with Gasteiger partial charge in [0.25, 0.3) is 0 Å². The van der Waals surface area contributed by atoms with Gasteiger partial charge in [0.2, 0.25) is 11.8 Å². The number of hydrogen-bond acceptors (Lipinski definition) is 5. The zero-order chi connectivity index (χ0) is 11.7. The Bertz CT molecular complexity index is 384. The van der Waals surface area contributed by atoms with Crippen LogP contribution < -0.4 is 11.1 Å². The average Bonchev–Trinajstić information content (AvgIpc) is 2.99. The van der Waals surface area contributed by atoms with Gasteiger partial charge in [0, 0.05) is 5.92 Å². The number of amides is 1. The Morgan fingerprint density at radius 3 is 2.75 bits per heavy atom. The minimum Gasteiger partial charge on any atom is -0.408 e. The second-order valence-electron chi connectivity index (χ2n) is 4.48. The lowest BCUT2D eigenvalue weighted by molar-refractivity contribution is -0.118. The molecule has 1 aromatic heterocycles. The predicted molar refractivity (Wildman–Crippen MR) is 57.7 cm³/mol. The molecule has 6 nitrogen and oxygen atoms in total. The van der Waals surface area contributed by atoms with Crippen LogP contribution in [0.2, 0.25) is 0 Å². The number of rotatable bonds is 4. The van der Waals surface area contributed by atoms with Gasteiger partial charge in [-0.1, -0.05) is 18.9 Å². The summed E-state index contributed by atoms with van der Waals surface area (Å²) in [6, 6.07) is -0.417. The van der Waals surface area contributed by atoms with E-state index in [1.54, 1.807) is 0 Å². The van der Waals surface area contributed by atoms with Gasteiger partial charge in [-0.2, -0.15) is 0 Å². The first-order valence-electron chi connectivity index (χ1n) is 5.47. The Hall–Kier alpha value is -1.43. The van der Waals surface area contributed by atoms with Crippen molar-refractivity contribution in [1.82, 2.24) is 10.2 Å². The van der Waals surface area contributed by atoms with Crippen LogP contribution in [-0.2, 0) is 4.79 Å². The van der Waals surface area contributed by atoms with Gasteiger partial charge in [0.1, 0.15) is 0 Å². The monoisotopic (exact) mass is 224 g/mol. The second kappa shape index (κ2) is 4.21. The minimum atomic E-state index is -0.559. The normalized spacial score (nSPS) is 17.5. The molecule has 3 N–H and O–H groups in total. The summed E-state index contributed by atoms with van der Waals surface area (Å²) in [6.07, 6.45) is 2.17. The summed E-state index contributed by atoms with van der Waals surface area (Å²) in [5.74, 6) is 0.775. The maximum atomic E-state index is 11.6. The Labute approximate surface area is 93.6 Å². The molecule has 2 rings (SSSR count).